The van der Waals surface area contributed by atoms with Gasteiger partial charge >= 0.3 is 30.6 Å². The van der Waals surface area contributed by atoms with Crippen molar-refractivity contribution in [3.8, 4) is 0 Å². The van der Waals surface area contributed by atoms with Gasteiger partial charge in [-0.3, -0.25) is 0 Å². The summed E-state index contributed by atoms with van der Waals surface area (Å²) < 4.78 is 0. The van der Waals surface area contributed by atoms with Gasteiger partial charge in [-0.1, -0.05) is 48.5 Å². The van der Waals surface area contributed by atoms with Crippen molar-refractivity contribution < 1.29 is 17.2 Å². The first-order chi connectivity index (χ1) is 18.5. The molecule has 5 aromatic rings. The van der Waals surface area contributed by atoms with Crippen LogP contribution in [0.2, 0.25) is 0 Å². The number of anilines is 4. The summed E-state index contributed by atoms with van der Waals surface area (Å²) in [6.07, 6.45) is 0.112. The van der Waals surface area contributed by atoms with Crippen molar-refractivity contribution in [3.05, 3.63) is 108 Å². The zero-order valence-electron chi connectivity index (χ0n) is 21.8. The van der Waals surface area contributed by atoms with E-state index < -0.39 is 0 Å². The van der Waals surface area contributed by atoms with E-state index in [2.05, 4.69) is 175 Å². The number of benzene rings is 5. The first kappa shape index (κ1) is 25.3. The van der Waals surface area contributed by atoms with E-state index in [0.29, 0.717) is 0 Å². The van der Waals surface area contributed by atoms with E-state index in [1.165, 1.54) is 55.4 Å². The Morgan fingerprint density at radius 3 is 1.11 bits per heavy atom. The summed E-state index contributed by atoms with van der Waals surface area (Å²) >= 11 is 5.35. The Morgan fingerprint density at radius 2 is 0.789 bits per heavy atom. The van der Waals surface area contributed by atoms with Crippen LogP contribution in [0, 0.1) is 6.07 Å². The maximum absolute atomic E-state index is 3.86. The molecule has 0 saturated heterocycles. The molecule has 0 saturated carbocycles. The maximum atomic E-state index is 3.86. The van der Waals surface area contributed by atoms with Gasteiger partial charge < -0.3 is 19.6 Å². The number of halogens is 1. The van der Waals surface area contributed by atoms with E-state index in [0.717, 1.165) is 0 Å². The fourth-order valence-corrected chi connectivity index (χ4v) is 6.47. The molecule has 2 aliphatic rings. The number of hydrogen-bond acceptors (Lipinski definition) is 4. The normalized spacial score (nSPS) is 15.2. The molecule has 0 amide bonds. The molecule has 0 atom stereocenters. The topological polar surface area (TPSA) is 13.0 Å². The molecule has 6 heteroatoms. The Morgan fingerprint density at radius 1 is 0.500 bits per heavy atom. The molecular weight excluding hydrogens is 627 g/mol. The summed E-state index contributed by atoms with van der Waals surface area (Å²) in [6, 6.07) is 36.8. The number of hydrogen-bond donors (Lipinski definition) is 0. The van der Waals surface area contributed by atoms with Crippen LogP contribution in [0.15, 0.2) is 91.0 Å². The zero-order valence-corrected chi connectivity index (χ0v) is 24.9. The molecule has 4 nitrogen and oxygen atoms in total. The van der Waals surface area contributed by atoms with E-state index in [-0.39, 0.29) is 12.3 Å². The molecule has 7 rings (SSSR count). The molecule has 38 heavy (non-hydrogen) atoms. The van der Waals surface area contributed by atoms with E-state index >= 15 is 0 Å². The average molecular weight is 656 g/mol. The Hall–Kier alpha value is -3.04. The van der Waals surface area contributed by atoms with Crippen molar-refractivity contribution >= 4 is 57.7 Å². The van der Waals surface area contributed by atoms with Crippen molar-refractivity contribution in [2.24, 2.45) is 0 Å². The molecule has 194 valence electrons. The van der Waals surface area contributed by atoms with Crippen molar-refractivity contribution in [1.29, 1.82) is 0 Å². The molecule has 0 fully saturated rings. The molecule has 0 radical (unpaired) electrons. The summed E-state index contributed by atoms with van der Waals surface area (Å²) in [6.45, 7) is 0. The second kappa shape index (κ2) is 9.93. The van der Waals surface area contributed by atoms with Gasteiger partial charge in [-0.2, -0.15) is 24.3 Å². The first-order valence-electron chi connectivity index (χ1n) is 12.6. The van der Waals surface area contributed by atoms with Crippen LogP contribution in [-0.2, 0) is 17.2 Å². The molecule has 0 spiro atoms. The fraction of sp³-hybridized carbons (Fsp3) is 0.188. The van der Waals surface area contributed by atoms with Crippen LogP contribution in [0.4, 0.5) is 22.7 Å². The fourth-order valence-electron chi connectivity index (χ4n) is 6.47. The standard InChI is InChI=1S/C32H29N4.BrH.Pd/c1-33-25-16-6-10-21-11-7-17-26(29(21)25)34(2)31(33)23-14-5-15-24(20-23)32-35(3)27-18-8-12-22-13-9-19-28(30(22)27)36(32)4;;/h5-19,31-32H,1-4H3;1H;/q-1;;+2/p-1. The number of rotatable bonds is 2. The van der Waals surface area contributed by atoms with Crippen molar-refractivity contribution in [2.75, 3.05) is 47.8 Å². The SMILES string of the molecule is CN1c2cccc3cccc(c23)N(C)C1c1[c-]c(C2N(C)c3cccc4cccc(c34)N2C)ccc1.[Br][Pd+]. The van der Waals surface area contributed by atoms with Gasteiger partial charge in [0.1, 0.15) is 12.3 Å². The Kier molecular flexibility index (Phi) is 6.60. The van der Waals surface area contributed by atoms with Crippen LogP contribution in [-0.4, -0.2) is 28.2 Å². The molecule has 0 N–H and O–H groups in total. The van der Waals surface area contributed by atoms with Crippen LogP contribution in [0.3, 0.4) is 0 Å². The molecule has 0 unspecified atom stereocenters. The molecule has 0 aromatic heterocycles. The quantitative estimate of drug-likeness (QED) is 0.142. The molecular formula is C32H29BrN4Pd. The summed E-state index contributed by atoms with van der Waals surface area (Å²) in [4.78, 5) is 9.54. The Labute approximate surface area is 242 Å². The van der Waals surface area contributed by atoms with Gasteiger partial charge in [0, 0.05) is 61.7 Å². The monoisotopic (exact) mass is 654 g/mol. The summed E-state index contributed by atoms with van der Waals surface area (Å²) in [7, 11) is 8.79. The number of nitrogens with zero attached hydrogens (tertiary/aromatic N) is 4. The molecule has 2 aliphatic heterocycles. The van der Waals surface area contributed by atoms with Gasteiger partial charge in [0.25, 0.3) is 0 Å². The third-order valence-electron chi connectivity index (χ3n) is 8.11. The molecule has 0 aliphatic carbocycles. The molecule has 2 heterocycles. The van der Waals surface area contributed by atoms with Gasteiger partial charge in [0.05, 0.1) is 0 Å². The third kappa shape index (κ3) is 3.73. The van der Waals surface area contributed by atoms with Crippen LogP contribution < -0.4 is 19.6 Å². The van der Waals surface area contributed by atoms with Crippen molar-refractivity contribution in [2.45, 2.75) is 12.3 Å². The summed E-state index contributed by atoms with van der Waals surface area (Å²) in [5.74, 6) is 0. The van der Waals surface area contributed by atoms with Gasteiger partial charge in [0.2, 0.25) is 0 Å². The van der Waals surface area contributed by atoms with Crippen LogP contribution in [0.25, 0.3) is 21.5 Å². The van der Waals surface area contributed by atoms with Crippen LogP contribution in [0.5, 0.6) is 0 Å². The molecule has 5 aromatic carbocycles. The predicted molar refractivity (Wildman–Crippen MR) is 161 cm³/mol. The van der Waals surface area contributed by atoms with Gasteiger partial charge in [-0.15, -0.1) is 11.1 Å². The van der Waals surface area contributed by atoms with Crippen molar-refractivity contribution in [1.82, 2.24) is 0 Å². The van der Waals surface area contributed by atoms with Crippen LogP contribution in [0.1, 0.15) is 23.5 Å². The third-order valence-corrected chi connectivity index (χ3v) is 8.11. The minimum absolute atomic E-state index is 0.0559. The van der Waals surface area contributed by atoms with Crippen LogP contribution >= 0.6 is 13.4 Å². The van der Waals surface area contributed by atoms with Gasteiger partial charge in [-0.05, 0) is 35.0 Å². The Bertz CT molecular complexity index is 1450. The van der Waals surface area contributed by atoms with E-state index in [1.54, 1.807) is 0 Å². The molecule has 0 bridgehead atoms. The van der Waals surface area contributed by atoms with E-state index in [1.807, 2.05) is 0 Å². The Balaban J connectivity index is 0.00000129. The van der Waals surface area contributed by atoms with E-state index in [4.69, 9.17) is 0 Å². The second-order valence-electron chi connectivity index (χ2n) is 10.1. The van der Waals surface area contributed by atoms with Gasteiger partial charge in [-0.25, -0.2) is 0 Å². The average Bonchev–Trinajstić information content (AvgIpc) is 2.96. The summed E-state index contributed by atoms with van der Waals surface area (Å²) in [5.41, 5.74) is 7.38. The minimum atomic E-state index is 0.0559. The van der Waals surface area contributed by atoms with Crippen molar-refractivity contribution in [3.63, 3.8) is 0 Å². The first-order valence-corrected chi connectivity index (χ1v) is 16.2. The zero-order chi connectivity index (χ0) is 26.6. The predicted octanol–water partition coefficient (Wildman–Crippen LogP) is 7.81. The van der Waals surface area contributed by atoms with Gasteiger partial charge in [0.15, 0.2) is 0 Å². The second-order valence-corrected chi connectivity index (χ2v) is 10.1. The summed E-state index contributed by atoms with van der Waals surface area (Å²) in [5, 5.41) is 5.18. The van der Waals surface area contributed by atoms with E-state index in [9.17, 15) is 0 Å².